The predicted molar refractivity (Wildman–Crippen MR) is 113 cm³/mol. The van der Waals surface area contributed by atoms with Gasteiger partial charge in [0, 0.05) is 39.1 Å². The van der Waals surface area contributed by atoms with Crippen LogP contribution in [0.4, 0.5) is 11.4 Å². The Kier molecular flexibility index (Phi) is 6.76. The van der Waals surface area contributed by atoms with Gasteiger partial charge in [-0.1, -0.05) is 18.2 Å². The number of piperazine rings is 1. The third-order valence-electron chi connectivity index (χ3n) is 5.08. The summed E-state index contributed by atoms with van der Waals surface area (Å²) in [5, 5.41) is 2.97. The highest BCUT2D eigenvalue weighted by molar-refractivity contribution is 5.92. The molecular weight excluding hydrogens is 354 g/mol. The van der Waals surface area contributed by atoms with Crippen LogP contribution in [0.5, 0.6) is 11.5 Å². The van der Waals surface area contributed by atoms with E-state index in [0.29, 0.717) is 12.2 Å². The second-order valence-corrected chi connectivity index (χ2v) is 7.00. The van der Waals surface area contributed by atoms with Gasteiger partial charge in [-0.2, -0.15) is 0 Å². The fourth-order valence-corrected chi connectivity index (χ4v) is 3.50. The molecule has 0 atom stereocenters. The van der Waals surface area contributed by atoms with Crippen LogP contribution in [0.1, 0.15) is 12.0 Å². The Balaban J connectivity index is 1.48. The lowest BCUT2D eigenvalue weighted by atomic mass is 10.2. The average Bonchev–Trinajstić information content (AvgIpc) is 2.73. The SMILES string of the molecule is COc1ccc(C)cc1NC(=O)CCN1CCN(c2ccccc2OC)CC1. The van der Waals surface area contributed by atoms with Gasteiger partial charge in [-0.05, 0) is 36.8 Å². The maximum atomic E-state index is 12.4. The van der Waals surface area contributed by atoms with Crippen LogP contribution in [-0.4, -0.2) is 57.8 Å². The zero-order chi connectivity index (χ0) is 19.9. The molecule has 6 heteroatoms. The summed E-state index contributed by atoms with van der Waals surface area (Å²) >= 11 is 0. The topological polar surface area (TPSA) is 54.0 Å². The Hall–Kier alpha value is -2.73. The van der Waals surface area contributed by atoms with E-state index < -0.39 is 0 Å². The number of methoxy groups -OCH3 is 2. The smallest absolute Gasteiger partial charge is 0.225 e. The van der Waals surface area contributed by atoms with Crippen molar-refractivity contribution in [3.8, 4) is 11.5 Å². The van der Waals surface area contributed by atoms with Crippen molar-refractivity contribution < 1.29 is 14.3 Å². The van der Waals surface area contributed by atoms with Crippen molar-refractivity contribution in [3.63, 3.8) is 0 Å². The molecule has 2 aromatic carbocycles. The first-order valence-corrected chi connectivity index (χ1v) is 9.65. The van der Waals surface area contributed by atoms with E-state index in [-0.39, 0.29) is 5.91 Å². The summed E-state index contributed by atoms with van der Waals surface area (Å²) in [6, 6.07) is 13.9. The average molecular weight is 383 g/mol. The fourth-order valence-electron chi connectivity index (χ4n) is 3.50. The Bertz CT molecular complexity index is 801. The molecule has 1 saturated heterocycles. The lowest BCUT2D eigenvalue weighted by Gasteiger charge is -2.36. The highest BCUT2D eigenvalue weighted by Gasteiger charge is 2.20. The first kappa shape index (κ1) is 20.0. The van der Waals surface area contributed by atoms with Crippen LogP contribution in [0, 0.1) is 6.92 Å². The number of hydrogen-bond donors (Lipinski definition) is 1. The predicted octanol–water partition coefficient (Wildman–Crippen LogP) is 3.16. The standard InChI is InChI=1S/C22H29N3O3/c1-17-8-9-20(27-2)18(16-17)23-22(26)10-11-24-12-14-25(15-13-24)19-6-4-5-7-21(19)28-3/h4-9,16H,10-15H2,1-3H3,(H,23,26). The molecule has 1 heterocycles. The molecule has 28 heavy (non-hydrogen) atoms. The monoisotopic (exact) mass is 383 g/mol. The number of aryl methyl sites for hydroxylation is 1. The van der Waals surface area contributed by atoms with E-state index in [4.69, 9.17) is 9.47 Å². The normalized spacial score (nSPS) is 14.6. The molecule has 0 aliphatic carbocycles. The van der Waals surface area contributed by atoms with E-state index in [1.165, 1.54) is 0 Å². The summed E-state index contributed by atoms with van der Waals surface area (Å²) in [5.41, 5.74) is 2.95. The highest BCUT2D eigenvalue weighted by Crippen LogP contribution is 2.28. The summed E-state index contributed by atoms with van der Waals surface area (Å²) in [6.45, 7) is 6.45. The quantitative estimate of drug-likeness (QED) is 0.796. The van der Waals surface area contributed by atoms with Gasteiger partial charge < -0.3 is 19.7 Å². The first-order chi connectivity index (χ1) is 13.6. The number of carbonyl (C=O) groups excluding carboxylic acids is 1. The van der Waals surface area contributed by atoms with Gasteiger partial charge in [0.15, 0.2) is 0 Å². The largest absolute Gasteiger partial charge is 0.495 e. The van der Waals surface area contributed by atoms with Gasteiger partial charge in [-0.25, -0.2) is 0 Å². The van der Waals surface area contributed by atoms with Gasteiger partial charge in [0.2, 0.25) is 5.91 Å². The molecule has 3 rings (SSSR count). The zero-order valence-electron chi connectivity index (χ0n) is 16.9. The lowest BCUT2D eigenvalue weighted by Crippen LogP contribution is -2.47. The number of nitrogens with one attached hydrogen (secondary N) is 1. The van der Waals surface area contributed by atoms with Gasteiger partial charge in [-0.3, -0.25) is 9.69 Å². The molecule has 2 aromatic rings. The Morgan fingerprint density at radius 1 is 1.00 bits per heavy atom. The Labute approximate surface area is 167 Å². The molecule has 0 radical (unpaired) electrons. The fraction of sp³-hybridized carbons (Fsp3) is 0.409. The minimum atomic E-state index is 0.0102. The van der Waals surface area contributed by atoms with E-state index in [9.17, 15) is 4.79 Å². The maximum absolute atomic E-state index is 12.4. The number of anilines is 2. The van der Waals surface area contributed by atoms with Crippen LogP contribution < -0.4 is 19.7 Å². The molecular formula is C22H29N3O3. The molecule has 1 fully saturated rings. The number of benzene rings is 2. The van der Waals surface area contributed by atoms with E-state index in [1.807, 2.05) is 43.3 Å². The number of para-hydroxylation sites is 2. The number of ether oxygens (including phenoxy) is 2. The third-order valence-corrected chi connectivity index (χ3v) is 5.08. The molecule has 0 aromatic heterocycles. The number of carbonyl (C=O) groups is 1. The third kappa shape index (κ3) is 4.95. The molecule has 0 saturated carbocycles. The van der Waals surface area contributed by atoms with Gasteiger partial charge >= 0.3 is 0 Å². The molecule has 1 amide bonds. The zero-order valence-corrected chi connectivity index (χ0v) is 16.9. The summed E-state index contributed by atoms with van der Waals surface area (Å²) in [4.78, 5) is 17.1. The second kappa shape index (κ2) is 9.46. The van der Waals surface area contributed by atoms with Gasteiger partial charge in [-0.15, -0.1) is 0 Å². The van der Waals surface area contributed by atoms with Crippen molar-refractivity contribution in [2.24, 2.45) is 0 Å². The summed E-state index contributed by atoms with van der Waals surface area (Å²) in [5.74, 6) is 1.60. The minimum Gasteiger partial charge on any atom is -0.495 e. The molecule has 1 aliphatic rings. The molecule has 150 valence electrons. The van der Waals surface area contributed by atoms with Crippen LogP contribution in [-0.2, 0) is 4.79 Å². The van der Waals surface area contributed by atoms with E-state index in [2.05, 4.69) is 21.2 Å². The Morgan fingerprint density at radius 2 is 1.71 bits per heavy atom. The van der Waals surface area contributed by atoms with Crippen molar-refractivity contribution in [1.82, 2.24) is 4.90 Å². The molecule has 0 spiro atoms. The van der Waals surface area contributed by atoms with Crippen molar-refractivity contribution in [2.45, 2.75) is 13.3 Å². The Morgan fingerprint density at radius 3 is 2.43 bits per heavy atom. The van der Waals surface area contributed by atoms with Gasteiger partial charge in [0.25, 0.3) is 0 Å². The van der Waals surface area contributed by atoms with Crippen molar-refractivity contribution in [1.29, 1.82) is 0 Å². The van der Waals surface area contributed by atoms with E-state index >= 15 is 0 Å². The van der Waals surface area contributed by atoms with E-state index in [0.717, 1.165) is 55.4 Å². The molecule has 6 nitrogen and oxygen atoms in total. The van der Waals surface area contributed by atoms with Gasteiger partial charge in [0.1, 0.15) is 11.5 Å². The summed E-state index contributed by atoms with van der Waals surface area (Å²) < 4.78 is 10.8. The number of amides is 1. The molecule has 0 bridgehead atoms. The van der Waals surface area contributed by atoms with Crippen molar-refractivity contribution in [3.05, 3.63) is 48.0 Å². The molecule has 1 N–H and O–H groups in total. The first-order valence-electron chi connectivity index (χ1n) is 9.65. The highest BCUT2D eigenvalue weighted by atomic mass is 16.5. The number of rotatable bonds is 7. The van der Waals surface area contributed by atoms with Gasteiger partial charge in [0.05, 0.1) is 25.6 Å². The van der Waals surface area contributed by atoms with Crippen LogP contribution in [0.2, 0.25) is 0 Å². The van der Waals surface area contributed by atoms with Crippen LogP contribution >= 0.6 is 0 Å². The number of nitrogens with zero attached hydrogens (tertiary/aromatic N) is 2. The van der Waals surface area contributed by atoms with E-state index in [1.54, 1.807) is 14.2 Å². The summed E-state index contributed by atoms with van der Waals surface area (Å²) in [7, 11) is 3.32. The van der Waals surface area contributed by atoms with Crippen LogP contribution in [0.25, 0.3) is 0 Å². The molecule has 1 aliphatic heterocycles. The summed E-state index contributed by atoms with van der Waals surface area (Å²) in [6.07, 6.45) is 0.464. The molecule has 0 unspecified atom stereocenters. The lowest BCUT2D eigenvalue weighted by molar-refractivity contribution is -0.116. The maximum Gasteiger partial charge on any atom is 0.225 e. The van der Waals surface area contributed by atoms with Crippen LogP contribution in [0.15, 0.2) is 42.5 Å². The van der Waals surface area contributed by atoms with Crippen molar-refractivity contribution >= 4 is 17.3 Å². The van der Waals surface area contributed by atoms with Crippen molar-refractivity contribution in [2.75, 3.05) is 57.2 Å². The second-order valence-electron chi connectivity index (χ2n) is 7.00. The minimum absolute atomic E-state index is 0.0102. The number of hydrogen-bond acceptors (Lipinski definition) is 5. The van der Waals surface area contributed by atoms with Crippen LogP contribution in [0.3, 0.4) is 0 Å².